The minimum absolute atomic E-state index is 0.296. The quantitative estimate of drug-likeness (QED) is 0.854. The van der Waals surface area contributed by atoms with Gasteiger partial charge in [-0.15, -0.1) is 0 Å². The molecule has 0 atom stereocenters. The number of carboxylic acids is 1. The van der Waals surface area contributed by atoms with Gasteiger partial charge in [0.05, 0.1) is 0 Å². The van der Waals surface area contributed by atoms with Crippen molar-refractivity contribution >= 4 is 11.8 Å². The monoisotopic (exact) mass is 249 g/mol. The van der Waals surface area contributed by atoms with E-state index >= 15 is 0 Å². The summed E-state index contributed by atoms with van der Waals surface area (Å²) in [4.78, 5) is 20.0. The Hall–Kier alpha value is -1.62. The molecule has 1 N–H and O–H groups in total. The maximum absolute atomic E-state index is 11.2. The van der Waals surface area contributed by atoms with Crippen molar-refractivity contribution in [1.82, 2.24) is 9.88 Å². The first kappa shape index (κ1) is 12.8. The van der Waals surface area contributed by atoms with Crippen molar-refractivity contribution in [2.45, 2.75) is 13.3 Å². The molecule has 0 aliphatic carbocycles. The molecule has 5 heteroatoms. The molecule has 98 valence electrons. The zero-order valence-corrected chi connectivity index (χ0v) is 10.9. The molecule has 1 saturated heterocycles. The lowest BCUT2D eigenvalue weighted by Crippen LogP contribution is -2.30. The minimum Gasteiger partial charge on any atom is -0.478 e. The van der Waals surface area contributed by atoms with E-state index in [1.165, 1.54) is 0 Å². The van der Waals surface area contributed by atoms with Crippen molar-refractivity contribution in [3.05, 3.63) is 23.4 Å². The number of anilines is 1. The second-order valence-corrected chi connectivity index (χ2v) is 4.77. The van der Waals surface area contributed by atoms with E-state index in [1.54, 1.807) is 12.1 Å². The molecule has 0 unspecified atom stereocenters. The second kappa shape index (κ2) is 5.35. The average molecular weight is 249 g/mol. The molecule has 1 aromatic heterocycles. The third-order valence-electron chi connectivity index (χ3n) is 3.26. The van der Waals surface area contributed by atoms with E-state index in [0.29, 0.717) is 11.4 Å². The number of rotatable bonds is 2. The Kier molecular flexibility index (Phi) is 3.81. The van der Waals surface area contributed by atoms with Crippen LogP contribution < -0.4 is 4.90 Å². The number of aromatic carboxylic acids is 1. The molecule has 2 heterocycles. The maximum Gasteiger partial charge on any atom is 0.339 e. The van der Waals surface area contributed by atoms with Crippen LogP contribution in [0.15, 0.2) is 12.1 Å². The van der Waals surface area contributed by atoms with E-state index < -0.39 is 5.97 Å². The van der Waals surface area contributed by atoms with Crippen LogP contribution in [0.4, 0.5) is 5.82 Å². The maximum atomic E-state index is 11.2. The van der Waals surface area contributed by atoms with Gasteiger partial charge in [-0.25, -0.2) is 9.78 Å². The molecule has 0 bridgehead atoms. The largest absolute Gasteiger partial charge is 0.478 e. The number of hydrogen-bond donors (Lipinski definition) is 1. The fraction of sp³-hybridized carbons (Fsp3) is 0.538. The van der Waals surface area contributed by atoms with Crippen molar-refractivity contribution < 1.29 is 9.90 Å². The summed E-state index contributed by atoms with van der Waals surface area (Å²) in [6.07, 6.45) is 1.03. The van der Waals surface area contributed by atoms with Crippen LogP contribution in [-0.2, 0) is 0 Å². The first-order valence-electron chi connectivity index (χ1n) is 6.22. The highest BCUT2D eigenvalue weighted by Gasteiger charge is 2.20. The standard InChI is InChI=1S/C13H19N3O2/c1-10-4-5-11(13(17)18)12(14-10)16-7-3-6-15(2)8-9-16/h4-5H,3,6-9H2,1-2H3,(H,17,18). The predicted octanol–water partition coefficient (Wildman–Crippen LogP) is 1.23. The fourth-order valence-electron chi connectivity index (χ4n) is 2.21. The Morgan fingerprint density at radius 2 is 2.06 bits per heavy atom. The third kappa shape index (κ3) is 2.79. The van der Waals surface area contributed by atoms with Crippen LogP contribution in [0, 0.1) is 6.92 Å². The molecule has 0 aromatic carbocycles. The van der Waals surface area contributed by atoms with Crippen molar-refractivity contribution in [3.8, 4) is 0 Å². The number of hydrogen-bond acceptors (Lipinski definition) is 4. The first-order chi connectivity index (χ1) is 8.58. The number of likely N-dealkylation sites (N-methyl/N-ethyl adjacent to an activating group) is 1. The summed E-state index contributed by atoms with van der Waals surface area (Å²) in [6.45, 7) is 5.56. The molecule has 5 nitrogen and oxygen atoms in total. The van der Waals surface area contributed by atoms with Crippen LogP contribution in [0.2, 0.25) is 0 Å². The molecule has 0 saturated carbocycles. The summed E-state index contributed by atoms with van der Waals surface area (Å²) in [6, 6.07) is 3.39. The Morgan fingerprint density at radius 1 is 1.28 bits per heavy atom. The van der Waals surface area contributed by atoms with Gasteiger partial charge in [0, 0.05) is 25.3 Å². The highest BCUT2D eigenvalue weighted by atomic mass is 16.4. The minimum atomic E-state index is -0.907. The zero-order chi connectivity index (χ0) is 13.1. The summed E-state index contributed by atoms with van der Waals surface area (Å²) < 4.78 is 0. The van der Waals surface area contributed by atoms with Crippen LogP contribution in [0.25, 0.3) is 0 Å². The lowest BCUT2D eigenvalue weighted by molar-refractivity contribution is 0.0697. The molecule has 1 aliphatic rings. The fourth-order valence-corrected chi connectivity index (χ4v) is 2.21. The molecule has 1 fully saturated rings. The van der Waals surface area contributed by atoms with Gasteiger partial charge in [-0.2, -0.15) is 0 Å². The number of nitrogens with zero attached hydrogens (tertiary/aromatic N) is 3. The van der Waals surface area contributed by atoms with E-state index in [4.69, 9.17) is 0 Å². The Labute approximate surface area is 107 Å². The van der Waals surface area contributed by atoms with Crippen LogP contribution in [-0.4, -0.2) is 54.2 Å². The average Bonchev–Trinajstić information content (AvgIpc) is 2.53. The lowest BCUT2D eigenvalue weighted by Gasteiger charge is -2.23. The van der Waals surface area contributed by atoms with Crippen LogP contribution in [0.3, 0.4) is 0 Å². The molecule has 0 amide bonds. The van der Waals surface area contributed by atoms with Gasteiger partial charge in [0.2, 0.25) is 0 Å². The molecule has 1 aliphatic heterocycles. The van der Waals surface area contributed by atoms with Crippen LogP contribution >= 0.6 is 0 Å². The van der Waals surface area contributed by atoms with Gasteiger partial charge in [-0.3, -0.25) is 0 Å². The topological polar surface area (TPSA) is 56.7 Å². The van der Waals surface area contributed by atoms with Crippen molar-refractivity contribution in [2.24, 2.45) is 0 Å². The molecule has 18 heavy (non-hydrogen) atoms. The third-order valence-corrected chi connectivity index (χ3v) is 3.26. The number of aromatic nitrogens is 1. The number of carboxylic acid groups (broad SMARTS) is 1. The Balaban J connectivity index is 2.30. The molecular formula is C13H19N3O2. The van der Waals surface area contributed by atoms with E-state index in [1.807, 2.05) is 6.92 Å². The van der Waals surface area contributed by atoms with E-state index in [-0.39, 0.29) is 0 Å². The lowest BCUT2D eigenvalue weighted by atomic mass is 10.2. The summed E-state index contributed by atoms with van der Waals surface area (Å²) in [5.41, 5.74) is 1.15. The number of carbonyl (C=O) groups is 1. The molecule has 2 rings (SSSR count). The summed E-state index contributed by atoms with van der Waals surface area (Å²) >= 11 is 0. The van der Waals surface area contributed by atoms with Gasteiger partial charge in [0.1, 0.15) is 11.4 Å². The highest BCUT2D eigenvalue weighted by molar-refractivity contribution is 5.93. The summed E-state index contributed by atoms with van der Waals surface area (Å²) in [5, 5.41) is 9.23. The van der Waals surface area contributed by atoms with Gasteiger partial charge >= 0.3 is 5.97 Å². The van der Waals surface area contributed by atoms with Gasteiger partial charge < -0.3 is 14.9 Å². The summed E-state index contributed by atoms with van der Waals surface area (Å²) in [7, 11) is 2.09. The van der Waals surface area contributed by atoms with Crippen molar-refractivity contribution in [3.63, 3.8) is 0 Å². The van der Waals surface area contributed by atoms with Gasteiger partial charge in [0.15, 0.2) is 0 Å². The van der Waals surface area contributed by atoms with Crippen molar-refractivity contribution in [2.75, 3.05) is 38.1 Å². The Morgan fingerprint density at radius 3 is 2.78 bits per heavy atom. The predicted molar refractivity (Wildman–Crippen MR) is 70.3 cm³/mol. The molecular weight excluding hydrogens is 230 g/mol. The normalized spacial score (nSPS) is 17.6. The summed E-state index contributed by atoms with van der Waals surface area (Å²) in [5.74, 6) is -0.298. The first-order valence-corrected chi connectivity index (χ1v) is 6.22. The van der Waals surface area contributed by atoms with Crippen LogP contribution in [0.1, 0.15) is 22.5 Å². The zero-order valence-electron chi connectivity index (χ0n) is 10.9. The van der Waals surface area contributed by atoms with Gasteiger partial charge in [0.25, 0.3) is 0 Å². The van der Waals surface area contributed by atoms with Gasteiger partial charge in [-0.05, 0) is 39.1 Å². The highest BCUT2D eigenvalue weighted by Crippen LogP contribution is 2.20. The van der Waals surface area contributed by atoms with E-state index in [2.05, 4.69) is 21.8 Å². The molecule has 1 aromatic rings. The smallest absolute Gasteiger partial charge is 0.339 e. The van der Waals surface area contributed by atoms with E-state index in [9.17, 15) is 9.90 Å². The Bertz CT molecular complexity index is 448. The van der Waals surface area contributed by atoms with Crippen molar-refractivity contribution in [1.29, 1.82) is 0 Å². The van der Waals surface area contributed by atoms with Gasteiger partial charge in [-0.1, -0.05) is 0 Å². The molecule has 0 spiro atoms. The number of aryl methyl sites for hydroxylation is 1. The van der Waals surface area contributed by atoms with E-state index in [0.717, 1.165) is 38.3 Å². The molecule has 0 radical (unpaired) electrons. The number of pyridine rings is 1. The van der Waals surface area contributed by atoms with Crippen LogP contribution in [0.5, 0.6) is 0 Å². The SMILES string of the molecule is Cc1ccc(C(=O)O)c(N2CCCN(C)CC2)n1. The second-order valence-electron chi connectivity index (χ2n) is 4.77.